The van der Waals surface area contributed by atoms with Crippen molar-refractivity contribution < 1.29 is 28.1 Å². The number of nitrogens with zero attached hydrogens (tertiary/aromatic N) is 4. The molecular formula is C21H23N4O6P+2. The van der Waals surface area contributed by atoms with Gasteiger partial charge < -0.3 is 4.52 Å². The fourth-order valence-corrected chi connectivity index (χ4v) is 4.47. The molecule has 0 saturated carbocycles. The van der Waals surface area contributed by atoms with Crippen molar-refractivity contribution in [1.29, 1.82) is 0 Å². The predicted octanol–water partition coefficient (Wildman–Crippen LogP) is 3.68. The van der Waals surface area contributed by atoms with E-state index in [9.17, 15) is 24.8 Å². The van der Waals surface area contributed by atoms with Gasteiger partial charge in [-0.25, -0.2) is 4.57 Å². The molecule has 0 radical (unpaired) electrons. The lowest BCUT2D eigenvalue weighted by molar-refractivity contribution is -0.692. The van der Waals surface area contributed by atoms with Crippen molar-refractivity contribution >= 4 is 18.7 Å². The summed E-state index contributed by atoms with van der Waals surface area (Å²) in [5.41, 5.74) is 1.38. The first kappa shape index (κ1) is 23.2. The molecule has 0 bridgehead atoms. The summed E-state index contributed by atoms with van der Waals surface area (Å²) in [6.45, 7) is 4.46. The summed E-state index contributed by atoms with van der Waals surface area (Å²) in [4.78, 5) is 21.0. The van der Waals surface area contributed by atoms with Crippen LogP contribution in [0.4, 0.5) is 11.4 Å². The Morgan fingerprint density at radius 1 is 0.938 bits per heavy atom. The molecular weight excluding hydrogens is 435 g/mol. The Morgan fingerprint density at radius 3 is 2.06 bits per heavy atom. The van der Waals surface area contributed by atoms with Crippen molar-refractivity contribution in [3.8, 4) is 16.8 Å². The van der Waals surface area contributed by atoms with Crippen molar-refractivity contribution in [3.05, 3.63) is 87.5 Å². The molecule has 0 fully saturated rings. The van der Waals surface area contributed by atoms with E-state index in [1.165, 1.54) is 12.1 Å². The van der Waals surface area contributed by atoms with Gasteiger partial charge in [0.2, 0.25) is 7.37 Å². The van der Waals surface area contributed by atoms with Gasteiger partial charge in [0, 0.05) is 43.1 Å². The van der Waals surface area contributed by atoms with Crippen molar-refractivity contribution in [2.45, 2.75) is 13.5 Å². The van der Waals surface area contributed by atoms with Gasteiger partial charge in [-0.2, -0.15) is 4.57 Å². The molecule has 1 unspecified atom stereocenters. The van der Waals surface area contributed by atoms with E-state index < -0.39 is 17.2 Å². The molecule has 32 heavy (non-hydrogen) atoms. The number of aromatic nitrogens is 2. The van der Waals surface area contributed by atoms with Crippen molar-refractivity contribution in [2.24, 2.45) is 0 Å². The van der Waals surface area contributed by atoms with Crippen LogP contribution < -0.4 is 9.13 Å². The Morgan fingerprint density at radius 2 is 1.53 bits per heavy atom. The summed E-state index contributed by atoms with van der Waals surface area (Å²) >= 11 is 0. The summed E-state index contributed by atoms with van der Waals surface area (Å²) in [5.74, 6) is 0. The maximum Gasteiger partial charge on any atom is 0.347 e. The first-order valence-corrected chi connectivity index (χ1v) is 12.1. The average Bonchev–Trinajstić information content (AvgIpc) is 2.78. The van der Waals surface area contributed by atoms with Gasteiger partial charge in [0.25, 0.3) is 11.4 Å². The summed E-state index contributed by atoms with van der Waals surface area (Å²) in [6.07, 6.45) is 7.57. The van der Waals surface area contributed by atoms with Crippen LogP contribution in [0.2, 0.25) is 0 Å². The van der Waals surface area contributed by atoms with Gasteiger partial charge in [-0.3, -0.25) is 24.8 Å². The predicted molar refractivity (Wildman–Crippen MR) is 117 cm³/mol. The average molecular weight is 458 g/mol. The number of nitro groups is 2. The molecule has 0 spiro atoms. The quantitative estimate of drug-likeness (QED) is 0.209. The van der Waals surface area contributed by atoms with E-state index in [0.717, 1.165) is 17.2 Å². The van der Waals surface area contributed by atoms with Crippen molar-refractivity contribution in [2.75, 3.05) is 19.4 Å². The second kappa shape index (κ2) is 9.76. The van der Waals surface area contributed by atoms with E-state index in [1.54, 1.807) is 35.8 Å². The molecule has 0 aliphatic heterocycles. The molecule has 0 amide bonds. The number of nitro benzene ring substituents is 2. The molecule has 2 heterocycles. The molecule has 0 saturated heterocycles. The topological polar surface area (TPSA) is 120 Å². The standard InChI is InChI=1S/C21H23N4O6P/c1-3-31-32(2,30)15-14-22-10-6-17(7-11-22)18-8-12-23(13-9-18)20-5-4-19(24(26)27)16-21(20)25(28)29/h4-13,16H,3,14-15H2,1-2H3/q+2. The Kier molecular flexibility index (Phi) is 7.07. The third-order valence-corrected chi connectivity index (χ3v) is 6.68. The van der Waals surface area contributed by atoms with Gasteiger partial charge >= 0.3 is 5.69 Å². The summed E-state index contributed by atoms with van der Waals surface area (Å²) in [5, 5.41) is 22.3. The largest absolute Gasteiger partial charge is 0.347 e. The van der Waals surface area contributed by atoms with Crippen molar-refractivity contribution in [3.63, 3.8) is 0 Å². The number of hydrogen-bond donors (Lipinski definition) is 0. The molecule has 0 aliphatic rings. The van der Waals surface area contributed by atoms with E-state index >= 15 is 0 Å². The highest BCUT2D eigenvalue weighted by Gasteiger charge is 2.26. The van der Waals surface area contributed by atoms with Crippen LogP contribution in [0.25, 0.3) is 16.8 Å². The van der Waals surface area contributed by atoms with Gasteiger partial charge in [0.05, 0.1) is 22.6 Å². The van der Waals surface area contributed by atoms with E-state index in [-0.39, 0.29) is 17.1 Å². The molecule has 10 nitrogen and oxygen atoms in total. The molecule has 0 N–H and O–H groups in total. The lowest BCUT2D eigenvalue weighted by Gasteiger charge is -2.10. The number of non-ortho nitro benzene ring substituents is 1. The van der Waals surface area contributed by atoms with Gasteiger partial charge in [-0.15, -0.1) is 0 Å². The molecule has 1 atom stereocenters. The Hall–Kier alpha value is -3.49. The molecule has 166 valence electrons. The monoisotopic (exact) mass is 458 g/mol. The minimum absolute atomic E-state index is 0.233. The highest BCUT2D eigenvalue weighted by molar-refractivity contribution is 7.58. The lowest BCUT2D eigenvalue weighted by atomic mass is 10.1. The van der Waals surface area contributed by atoms with Crippen LogP contribution in [0.15, 0.2) is 67.3 Å². The number of rotatable bonds is 9. The Labute approximate surface area is 184 Å². The van der Waals surface area contributed by atoms with Gasteiger partial charge in [-0.05, 0) is 18.1 Å². The van der Waals surface area contributed by atoms with Crippen LogP contribution in [-0.2, 0) is 15.6 Å². The van der Waals surface area contributed by atoms with Crippen LogP contribution in [0.3, 0.4) is 0 Å². The van der Waals surface area contributed by atoms with E-state index in [4.69, 9.17) is 4.52 Å². The SMILES string of the molecule is CCOP(C)(=O)CC[n+]1ccc(-c2cc[n+](-c3ccc([N+](=O)[O-])cc3[N+](=O)[O-])cc2)cc1. The van der Waals surface area contributed by atoms with Crippen molar-refractivity contribution in [1.82, 2.24) is 0 Å². The van der Waals surface area contributed by atoms with Crippen LogP contribution in [0.5, 0.6) is 0 Å². The normalized spacial score (nSPS) is 12.8. The maximum atomic E-state index is 12.2. The zero-order valence-electron chi connectivity index (χ0n) is 17.7. The smallest absolute Gasteiger partial charge is 0.329 e. The first-order chi connectivity index (χ1) is 15.2. The minimum atomic E-state index is -2.59. The number of benzene rings is 1. The lowest BCUT2D eigenvalue weighted by Crippen LogP contribution is -2.34. The van der Waals surface area contributed by atoms with E-state index in [1.807, 2.05) is 36.0 Å². The van der Waals surface area contributed by atoms with Gasteiger partial charge in [0.15, 0.2) is 31.3 Å². The van der Waals surface area contributed by atoms with Crippen LogP contribution in [-0.4, -0.2) is 29.3 Å². The molecule has 3 rings (SSSR count). The van der Waals surface area contributed by atoms with E-state index in [0.29, 0.717) is 19.3 Å². The van der Waals surface area contributed by atoms with Crippen LogP contribution >= 0.6 is 7.37 Å². The number of hydrogen-bond acceptors (Lipinski definition) is 6. The fourth-order valence-electron chi connectivity index (χ4n) is 3.20. The minimum Gasteiger partial charge on any atom is -0.329 e. The Balaban J connectivity index is 1.78. The maximum absolute atomic E-state index is 12.2. The number of aryl methyl sites for hydroxylation is 1. The molecule has 0 aliphatic carbocycles. The highest BCUT2D eigenvalue weighted by Crippen LogP contribution is 2.41. The number of pyridine rings is 2. The van der Waals surface area contributed by atoms with Gasteiger partial charge in [-0.1, -0.05) is 0 Å². The Bertz CT molecular complexity index is 1180. The summed E-state index contributed by atoms with van der Waals surface area (Å²) in [7, 11) is -2.59. The second-order valence-corrected chi connectivity index (χ2v) is 9.90. The summed E-state index contributed by atoms with van der Waals surface area (Å²) < 4.78 is 21.0. The van der Waals surface area contributed by atoms with Gasteiger partial charge in [0.1, 0.15) is 6.07 Å². The van der Waals surface area contributed by atoms with E-state index in [2.05, 4.69) is 0 Å². The highest BCUT2D eigenvalue weighted by atomic mass is 31.2. The van der Waals surface area contributed by atoms with Crippen LogP contribution in [0.1, 0.15) is 6.92 Å². The second-order valence-electron chi connectivity index (χ2n) is 7.16. The fraction of sp³-hybridized carbons (Fsp3) is 0.238. The third kappa shape index (κ3) is 5.60. The van der Waals surface area contributed by atoms with Crippen LogP contribution in [0, 0.1) is 20.2 Å². The first-order valence-electron chi connectivity index (χ1n) is 9.85. The zero-order valence-corrected chi connectivity index (χ0v) is 18.6. The third-order valence-electron chi connectivity index (χ3n) is 4.87. The molecule has 3 aromatic rings. The summed E-state index contributed by atoms with van der Waals surface area (Å²) in [6, 6.07) is 11.0. The molecule has 2 aromatic heterocycles. The molecule has 1 aromatic carbocycles. The molecule has 11 heteroatoms. The zero-order chi connectivity index (χ0) is 23.3.